The number of rotatable bonds is 15. The van der Waals surface area contributed by atoms with E-state index in [0.29, 0.717) is 50.9 Å². The van der Waals surface area contributed by atoms with Crippen molar-refractivity contribution in [1.82, 2.24) is 10.6 Å². The van der Waals surface area contributed by atoms with Gasteiger partial charge in [-0.05, 0) is 41.5 Å². The van der Waals surface area contributed by atoms with E-state index in [1.807, 2.05) is 0 Å². The van der Waals surface area contributed by atoms with Crippen LogP contribution in [0.3, 0.4) is 0 Å². The molecule has 0 heterocycles. The first-order valence-electron chi connectivity index (χ1n) is 8.88. The highest BCUT2D eigenvalue weighted by molar-refractivity contribution is 7.57. The summed E-state index contributed by atoms with van der Waals surface area (Å²) in [6.07, 6.45) is 0. The predicted molar refractivity (Wildman–Crippen MR) is 105 cm³/mol. The van der Waals surface area contributed by atoms with E-state index < -0.39 is 15.2 Å². The lowest BCUT2D eigenvalue weighted by Gasteiger charge is -2.16. The Kier molecular flexibility index (Phi) is 13.2. The fraction of sp³-hybridized carbons (Fsp3) is 0.750. The molecule has 0 aliphatic carbocycles. The molecule has 0 atom stereocenters. The Morgan fingerprint density at radius 2 is 0.962 bits per heavy atom. The standard InChI is InChI=1S/C16H34N2O6P2/c1-7-21-25(19,22-8-2)13-15(5)17-11-12-18-16(6)14-26(20,23-9-3)24-10-4/h13-14,17-18H,7-12H2,1-6H3. The maximum Gasteiger partial charge on any atom is 0.355 e. The van der Waals surface area contributed by atoms with Crippen LogP contribution in [0.15, 0.2) is 23.0 Å². The predicted octanol–water partition coefficient (Wildman–Crippen LogP) is 4.42. The smallest absolute Gasteiger partial charge is 0.355 e. The molecule has 0 bridgehead atoms. The summed E-state index contributed by atoms with van der Waals surface area (Å²) in [6.45, 7) is 13.1. The van der Waals surface area contributed by atoms with E-state index in [2.05, 4.69) is 10.6 Å². The lowest BCUT2D eigenvalue weighted by atomic mass is 10.5. The van der Waals surface area contributed by atoms with Gasteiger partial charge in [-0.3, -0.25) is 9.13 Å². The molecule has 26 heavy (non-hydrogen) atoms. The lowest BCUT2D eigenvalue weighted by Crippen LogP contribution is -2.25. The normalized spacial score (nSPS) is 13.8. The molecule has 0 unspecified atom stereocenters. The van der Waals surface area contributed by atoms with Gasteiger partial charge < -0.3 is 28.7 Å². The van der Waals surface area contributed by atoms with Gasteiger partial charge >= 0.3 is 15.2 Å². The molecule has 0 aliphatic heterocycles. The highest BCUT2D eigenvalue weighted by Crippen LogP contribution is 2.50. The Labute approximate surface area is 157 Å². The van der Waals surface area contributed by atoms with E-state index >= 15 is 0 Å². The van der Waals surface area contributed by atoms with Gasteiger partial charge in [-0.1, -0.05) is 0 Å². The van der Waals surface area contributed by atoms with Crippen LogP contribution in [-0.2, 0) is 27.2 Å². The van der Waals surface area contributed by atoms with E-state index in [4.69, 9.17) is 18.1 Å². The van der Waals surface area contributed by atoms with Gasteiger partial charge in [-0.15, -0.1) is 0 Å². The zero-order valence-corrected chi connectivity index (χ0v) is 18.5. The minimum Gasteiger partial charge on any atom is -0.387 e. The van der Waals surface area contributed by atoms with Gasteiger partial charge in [0.1, 0.15) is 0 Å². The second kappa shape index (κ2) is 13.5. The molecule has 0 rings (SSSR count). The van der Waals surface area contributed by atoms with Crippen molar-refractivity contribution < 1.29 is 27.2 Å². The molecule has 0 aromatic heterocycles. The van der Waals surface area contributed by atoms with Crippen LogP contribution in [0.2, 0.25) is 0 Å². The van der Waals surface area contributed by atoms with Crippen LogP contribution in [0.4, 0.5) is 0 Å². The molecular formula is C16H34N2O6P2. The van der Waals surface area contributed by atoms with E-state index in [1.54, 1.807) is 41.5 Å². The second-order valence-electron chi connectivity index (χ2n) is 5.23. The summed E-state index contributed by atoms with van der Waals surface area (Å²) in [5.41, 5.74) is 1.40. The van der Waals surface area contributed by atoms with E-state index in [9.17, 15) is 9.13 Å². The van der Waals surface area contributed by atoms with Gasteiger partial charge in [0.25, 0.3) is 0 Å². The first-order valence-corrected chi connectivity index (χ1v) is 12.1. The van der Waals surface area contributed by atoms with E-state index in [0.717, 1.165) is 0 Å². The maximum absolute atomic E-state index is 12.4. The highest BCUT2D eigenvalue weighted by atomic mass is 31.2. The SMILES string of the molecule is CCOP(=O)(C=C(C)NCCNC(C)=CP(=O)(OCC)OCC)OCC. The molecule has 154 valence electrons. The molecule has 8 nitrogen and oxygen atoms in total. The minimum absolute atomic E-state index is 0.312. The molecular weight excluding hydrogens is 378 g/mol. The molecule has 0 amide bonds. The summed E-state index contributed by atoms with van der Waals surface area (Å²) in [6, 6.07) is 0. The second-order valence-corrected chi connectivity index (χ2v) is 8.94. The van der Waals surface area contributed by atoms with Gasteiger partial charge in [-0.25, -0.2) is 0 Å². The minimum atomic E-state index is -3.21. The number of allylic oxidation sites excluding steroid dienone is 2. The molecule has 0 aliphatic rings. The fourth-order valence-corrected chi connectivity index (χ4v) is 5.05. The number of hydrogen-bond donors (Lipinski definition) is 2. The summed E-state index contributed by atoms with van der Waals surface area (Å²) >= 11 is 0. The molecule has 0 saturated carbocycles. The number of hydrogen-bond acceptors (Lipinski definition) is 8. The summed E-state index contributed by atoms with van der Waals surface area (Å²) in [4.78, 5) is 0. The van der Waals surface area contributed by atoms with Crippen LogP contribution >= 0.6 is 15.2 Å². The zero-order chi connectivity index (χ0) is 20.1. The van der Waals surface area contributed by atoms with Crippen LogP contribution in [0.25, 0.3) is 0 Å². The van der Waals surface area contributed by atoms with Crippen molar-refractivity contribution in [2.24, 2.45) is 0 Å². The third-order valence-corrected chi connectivity index (χ3v) is 6.75. The average Bonchev–Trinajstić information content (AvgIpc) is 2.52. The Bertz CT molecular complexity index is 483. The Morgan fingerprint density at radius 3 is 1.19 bits per heavy atom. The van der Waals surface area contributed by atoms with Gasteiger partial charge in [0.15, 0.2) is 0 Å². The molecule has 0 aromatic rings. The molecule has 0 fully saturated rings. The topological polar surface area (TPSA) is 95.1 Å². The third kappa shape index (κ3) is 11.2. The first-order chi connectivity index (χ1) is 12.2. The summed E-state index contributed by atoms with van der Waals surface area (Å²) in [7, 11) is -6.43. The van der Waals surface area contributed by atoms with E-state index in [-0.39, 0.29) is 0 Å². The van der Waals surface area contributed by atoms with Crippen LogP contribution in [0.5, 0.6) is 0 Å². The monoisotopic (exact) mass is 412 g/mol. The Hall–Kier alpha value is -0.620. The van der Waals surface area contributed by atoms with Crippen molar-refractivity contribution >= 4 is 15.2 Å². The van der Waals surface area contributed by atoms with Gasteiger partial charge in [0, 0.05) is 36.1 Å². The molecule has 2 N–H and O–H groups in total. The van der Waals surface area contributed by atoms with E-state index in [1.165, 1.54) is 11.6 Å². The van der Waals surface area contributed by atoms with Crippen molar-refractivity contribution in [3.8, 4) is 0 Å². The number of nitrogens with one attached hydrogen (secondary N) is 2. The summed E-state index contributed by atoms with van der Waals surface area (Å²) in [5, 5.41) is 6.26. The van der Waals surface area contributed by atoms with Gasteiger partial charge in [0.2, 0.25) is 0 Å². The van der Waals surface area contributed by atoms with Gasteiger partial charge in [0.05, 0.1) is 26.4 Å². The zero-order valence-electron chi connectivity index (χ0n) is 16.7. The van der Waals surface area contributed by atoms with Crippen molar-refractivity contribution in [2.45, 2.75) is 41.5 Å². The third-order valence-electron chi connectivity index (χ3n) is 2.87. The quantitative estimate of drug-likeness (QED) is 0.302. The van der Waals surface area contributed by atoms with Crippen molar-refractivity contribution in [3.05, 3.63) is 23.0 Å². The van der Waals surface area contributed by atoms with Crippen LogP contribution in [0, 0.1) is 0 Å². The van der Waals surface area contributed by atoms with Crippen LogP contribution in [0.1, 0.15) is 41.5 Å². The van der Waals surface area contributed by atoms with Crippen molar-refractivity contribution in [1.29, 1.82) is 0 Å². The van der Waals surface area contributed by atoms with Crippen LogP contribution < -0.4 is 10.6 Å². The molecule has 10 heteroatoms. The molecule has 0 radical (unpaired) electrons. The highest BCUT2D eigenvalue weighted by Gasteiger charge is 2.21. The lowest BCUT2D eigenvalue weighted by molar-refractivity contribution is 0.227. The summed E-state index contributed by atoms with van der Waals surface area (Å²) in [5.74, 6) is 2.97. The molecule has 0 spiro atoms. The Morgan fingerprint density at radius 1 is 0.692 bits per heavy atom. The summed E-state index contributed by atoms with van der Waals surface area (Å²) < 4.78 is 45.7. The fourth-order valence-electron chi connectivity index (χ4n) is 2.03. The molecule has 0 saturated heterocycles. The first kappa shape index (κ1) is 25.4. The Balaban J connectivity index is 4.55. The maximum atomic E-state index is 12.4. The molecule has 0 aromatic carbocycles. The van der Waals surface area contributed by atoms with Gasteiger partial charge in [-0.2, -0.15) is 0 Å². The average molecular weight is 412 g/mol. The van der Waals surface area contributed by atoms with Crippen molar-refractivity contribution in [3.63, 3.8) is 0 Å². The van der Waals surface area contributed by atoms with Crippen LogP contribution in [-0.4, -0.2) is 39.5 Å². The largest absolute Gasteiger partial charge is 0.387 e. The van der Waals surface area contributed by atoms with Crippen molar-refractivity contribution in [2.75, 3.05) is 39.5 Å².